The number of aryl methyl sites for hydroxylation is 1. The van der Waals surface area contributed by atoms with Crippen LogP contribution in [0.25, 0.3) is 0 Å². The van der Waals surface area contributed by atoms with Gasteiger partial charge in [-0.2, -0.15) is 11.3 Å². The van der Waals surface area contributed by atoms with Crippen LogP contribution in [-0.2, 0) is 13.0 Å². The molecule has 4 heterocycles. The predicted octanol–water partition coefficient (Wildman–Crippen LogP) is 2.88. The molecular formula is C21H27N5O2S. The number of likely N-dealkylation sites (tertiary alicyclic amines) is 1. The van der Waals surface area contributed by atoms with Gasteiger partial charge < -0.3 is 14.8 Å². The molecule has 29 heavy (non-hydrogen) atoms. The van der Waals surface area contributed by atoms with Crippen LogP contribution in [-0.4, -0.2) is 50.6 Å². The van der Waals surface area contributed by atoms with Gasteiger partial charge in [0, 0.05) is 37.5 Å². The Morgan fingerprint density at radius 2 is 1.97 bits per heavy atom. The number of thiophene rings is 1. The minimum Gasteiger partial charge on any atom is -0.347 e. The van der Waals surface area contributed by atoms with E-state index in [1.807, 2.05) is 26.3 Å². The van der Waals surface area contributed by atoms with Crippen molar-refractivity contribution in [1.29, 1.82) is 0 Å². The largest absolute Gasteiger partial charge is 0.347 e. The van der Waals surface area contributed by atoms with Gasteiger partial charge in [0.05, 0.1) is 5.56 Å². The van der Waals surface area contributed by atoms with Crippen molar-refractivity contribution in [3.8, 4) is 0 Å². The fourth-order valence-corrected chi connectivity index (χ4v) is 5.81. The van der Waals surface area contributed by atoms with Gasteiger partial charge in [0.1, 0.15) is 5.82 Å². The number of amides is 2. The highest BCUT2D eigenvalue weighted by Gasteiger charge is 2.41. The summed E-state index contributed by atoms with van der Waals surface area (Å²) >= 11 is 1.56. The lowest BCUT2D eigenvalue weighted by Crippen LogP contribution is -2.35. The van der Waals surface area contributed by atoms with E-state index in [2.05, 4.69) is 15.5 Å². The second kappa shape index (κ2) is 7.55. The lowest BCUT2D eigenvalue weighted by Gasteiger charge is -2.27. The fourth-order valence-electron chi connectivity index (χ4n) is 5.18. The van der Waals surface area contributed by atoms with Gasteiger partial charge in [0.2, 0.25) is 5.82 Å². The number of rotatable bonds is 3. The summed E-state index contributed by atoms with van der Waals surface area (Å²) in [6.45, 7) is 2.35. The predicted molar refractivity (Wildman–Crippen MR) is 110 cm³/mol. The molecule has 2 aromatic heterocycles. The zero-order valence-corrected chi connectivity index (χ0v) is 17.4. The standard InChI is InChI=1S/C21H27N5O2S/c27-19(22-16-3-1-2-4-16)18-24-23-17-5-7-21(9-11-26(17)18)8-10-25(14-21)20(28)15-6-12-29-13-15/h6,12-13,16H,1-5,7-11,14H2,(H,22,27). The molecular weight excluding hydrogens is 386 g/mol. The average molecular weight is 414 g/mol. The lowest BCUT2D eigenvalue weighted by atomic mass is 9.80. The van der Waals surface area contributed by atoms with Crippen LogP contribution in [0.5, 0.6) is 0 Å². The number of hydrogen-bond acceptors (Lipinski definition) is 5. The third-order valence-corrected chi connectivity index (χ3v) is 7.64. The number of nitrogens with zero attached hydrogens (tertiary/aromatic N) is 4. The summed E-state index contributed by atoms with van der Waals surface area (Å²) in [5, 5.41) is 15.6. The summed E-state index contributed by atoms with van der Waals surface area (Å²) < 4.78 is 2.02. The van der Waals surface area contributed by atoms with Crippen molar-refractivity contribution in [3.05, 3.63) is 34.0 Å². The molecule has 1 saturated heterocycles. The number of aromatic nitrogens is 3. The second-order valence-electron chi connectivity index (χ2n) is 8.79. The molecule has 7 nitrogen and oxygen atoms in total. The lowest BCUT2D eigenvalue weighted by molar-refractivity contribution is 0.0767. The van der Waals surface area contributed by atoms with Gasteiger partial charge in [-0.25, -0.2) is 0 Å². The molecule has 154 valence electrons. The Kier molecular flexibility index (Phi) is 4.89. The van der Waals surface area contributed by atoms with E-state index in [0.717, 1.165) is 69.5 Å². The monoisotopic (exact) mass is 413 g/mol. The first kappa shape index (κ1) is 18.8. The Hall–Kier alpha value is -2.22. The van der Waals surface area contributed by atoms with Gasteiger partial charge >= 0.3 is 0 Å². The summed E-state index contributed by atoms with van der Waals surface area (Å²) in [5.41, 5.74) is 0.912. The Labute approximate surface area is 174 Å². The third kappa shape index (κ3) is 3.58. The van der Waals surface area contributed by atoms with Crippen molar-refractivity contribution in [1.82, 2.24) is 25.0 Å². The van der Waals surface area contributed by atoms with Gasteiger partial charge in [-0.05, 0) is 49.0 Å². The average Bonchev–Trinajstić information content (AvgIpc) is 3.50. The zero-order chi connectivity index (χ0) is 19.8. The van der Waals surface area contributed by atoms with E-state index in [1.54, 1.807) is 11.3 Å². The molecule has 1 aliphatic carbocycles. The van der Waals surface area contributed by atoms with Crippen LogP contribution < -0.4 is 5.32 Å². The first-order chi connectivity index (χ1) is 14.1. The normalized spacial score (nSPS) is 24.6. The SMILES string of the molecule is O=C(NC1CCCC1)c1nnc2n1CCC1(CC2)CCN(C(=O)c2ccsc2)C1. The highest BCUT2D eigenvalue weighted by atomic mass is 32.1. The van der Waals surface area contributed by atoms with Gasteiger partial charge in [-0.3, -0.25) is 9.59 Å². The summed E-state index contributed by atoms with van der Waals surface area (Å²) in [6, 6.07) is 2.18. The molecule has 2 aliphatic heterocycles. The molecule has 1 atom stereocenters. The quantitative estimate of drug-likeness (QED) is 0.839. The summed E-state index contributed by atoms with van der Waals surface area (Å²) in [7, 11) is 0. The topological polar surface area (TPSA) is 80.1 Å². The highest BCUT2D eigenvalue weighted by Crippen LogP contribution is 2.41. The van der Waals surface area contributed by atoms with E-state index < -0.39 is 0 Å². The van der Waals surface area contributed by atoms with E-state index in [9.17, 15) is 9.59 Å². The molecule has 3 aliphatic rings. The molecule has 1 saturated carbocycles. The van der Waals surface area contributed by atoms with E-state index in [-0.39, 0.29) is 23.3 Å². The van der Waals surface area contributed by atoms with Crippen LogP contribution in [0.2, 0.25) is 0 Å². The molecule has 0 bridgehead atoms. The van der Waals surface area contributed by atoms with E-state index in [1.165, 1.54) is 12.8 Å². The Morgan fingerprint density at radius 1 is 1.14 bits per heavy atom. The maximum absolute atomic E-state index is 12.7. The van der Waals surface area contributed by atoms with Crippen molar-refractivity contribution in [3.63, 3.8) is 0 Å². The highest BCUT2D eigenvalue weighted by molar-refractivity contribution is 7.08. The number of nitrogens with one attached hydrogen (secondary N) is 1. The van der Waals surface area contributed by atoms with Gasteiger partial charge in [0.15, 0.2) is 0 Å². The van der Waals surface area contributed by atoms with Crippen LogP contribution in [0.15, 0.2) is 16.8 Å². The number of carbonyl (C=O) groups excluding carboxylic acids is 2. The number of carbonyl (C=O) groups is 2. The fraction of sp³-hybridized carbons (Fsp3) is 0.619. The summed E-state index contributed by atoms with van der Waals surface area (Å²) in [6.07, 6.45) is 8.26. The third-order valence-electron chi connectivity index (χ3n) is 6.96. The van der Waals surface area contributed by atoms with Crippen molar-refractivity contribution in [2.75, 3.05) is 13.1 Å². The van der Waals surface area contributed by atoms with Crippen LogP contribution in [0, 0.1) is 5.41 Å². The molecule has 1 unspecified atom stereocenters. The summed E-state index contributed by atoms with van der Waals surface area (Å²) in [4.78, 5) is 27.5. The maximum atomic E-state index is 12.7. The van der Waals surface area contributed by atoms with Crippen LogP contribution in [0.1, 0.15) is 71.7 Å². The van der Waals surface area contributed by atoms with Crippen LogP contribution in [0.3, 0.4) is 0 Å². The molecule has 5 rings (SSSR count). The minimum absolute atomic E-state index is 0.0905. The minimum atomic E-state index is -0.0905. The zero-order valence-electron chi connectivity index (χ0n) is 16.6. The Morgan fingerprint density at radius 3 is 2.76 bits per heavy atom. The number of hydrogen-bond donors (Lipinski definition) is 1. The molecule has 8 heteroatoms. The number of fused-ring (bicyclic) bond motifs is 1. The van der Waals surface area contributed by atoms with Crippen molar-refractivity contribution in [2.45, 2.75) is 64.0 Å². The van der Waals surface area contributed by atoms with Gasteiger partial charge in [-0.15, -0.1) is 10.2 Å². The van der Waals surface area contributed by atoms with E-state index in [4.69, 9.17) is 0 Å². The second-order valence-corrected chi connectivity index (χ2v) is 9.57. The molecule has 0 aromatic carbocycles. The van der Waals surface area contributed by atoms with Crippen LogP contribution >= 0.6 is 11.3 Å². The Bertz CT molecular complexity index is 902. The van der Waals surface area contributed by atoms with E-state index in [0.29, 0.717) is 5.82 Å². The van der Waals surface area contributed by atoms with Gasteiger partial charge in [-0.1, -0.05) is 12.8 Å². The first-order valence-corrected chi connectivity index (χ1v) is 11.6. The molecule has 2 amide bonds. The smallest absolute Gasteiger partial charge is 0.289 e. The van der Waals surface area contributed by atoms with Crippen molar-refractivity contribution >= 4 is 23.2 Å². The molecule has 1 spiro atoms. The molecule has 1 N–H and O–H groups in total. The first-order valence-electron chi connectivity index (χ1n) is 10.7. The maximum Gasteiger partial charge on any atom is 0.289 e. The van der Waals surface area contributed by atoms with E-state index >= 15 is 0 Å². The van der Waals surface area contributed by atoms with Gasteiger partial charge in [0.25, 0.3) is 11.8 Å². The molecule has 2 fully saturated rings. The van der Waals surface area contributed by atoms with Crippen LogP contribution in [0.4, 0.5) is 0 Å². The molecule has 0 radical (unpaired) electrons. The van der Waals surface area contributed by atoms with Crippen molar-refractivity contribution in [2.24, 2.45) is 5.41 Å². The molecule has 2 aromatic rings. The summed E-state index contributed by atoms with van der Waals surface area (Å²) in [5.74, 6) is 1.41. The Balaban J connectivity index is 1.27. The van der Waals surface area contributed by atoms with Crippen molar-refractivity contribution < 1.29 is 9.59 Å².